The van der Waals surface area contributed by atoms with E-state index in [0.29, 0.717) is 5.92 Å². The van der Waals surface area contributed by atoms with Gasteiger partial charge in [0.05, 0.1) is 16.3 Å². The van der Waals surface area contributed by atoms with E-state index >= 15 is 0 Å². The highest BCUT2D eigenvalue weighted by molar-refractivity contribution is 7.17. The summed E-state index contributed by atoms with van der Waals surface area (Å²) in [4.78, 5) is 17.9. The van der Waals surface area contributed by atoms with Gasteiger partial charge in [0.2, 0.25) is 0 Å². The van der Waals surface area contributed by atoms with Crippen molar-refractivity contribution in [3.8, 4) is 10.4 Å². The maximum atomic E-state index is 5.45. The largest absolute Gasteiger partial charge is 0.310 e. The molecular weight excluding hydrogens is 749 g/mol. The van der Waals surface area contributed by atoms with E-state index in [1.54, 1.807) is 0 Å². The molecule has 302 valence electrons. The number of aryl methyl sites for hydroxylation is 3. The van der Waals surface area contributed by atoms with E-state index < -0.39 is 0 Å². The van der Waals surface area contributed by atoms with Crippen LogP contribution in [0.5, 0.6) is 0 Å². The first kappa shape index (κ1) is 40.7. The summed E-state index contributed by atoms with van der Waals surface area (Å²) in [5.41, 5.74) is 15.8. The normalized spacial score (nSPS) is 15.4. The molecule has 2 heterocycles. The van der Waals surface area contributed by atoms with Crippen molar-refractivity contribution in [2.45, 2.75) is 79.1 Å². The molecule has 60 heavy (non-hydrogen) atoms. The van der Waals surface area contributed by atoms with E-state index in [1.165, 1.54) is 67.0 Å². The van der Waals surface area contributed by atoms with E-state index in [1.807, 2.05) is 37.3 Å². The summed E-state index contributed by atoms with van der Waals surface area (Å²) < 4.78 is 0. The molecule has 8 aromatic rings. The second-order valence-electron chi connectivity index (χ2n) is 15.8. The van der Waals surface area contributed by atoms with Gasteiger partial charge in [-0.3, -0.25) is 0 Å². The van der Waals surface area contributed by atoms with Gasteiger partial charge in [0.1, 0.15) is 11.0 Å². The molecule has 1 fully saturated rings. The summed E-state index contributed by atoms with van der Waals surface area (Å²) >= 11 is 1.84. The molecular formula is C55H56N4S. The number of fused-ring (bicyclic) bond motifs is 4. The molecule has 2 aliphatic carbocycles. The predicted molar refractivity (Wildman–Crippen MR) is 257 cm³/mol. The summed E-state index contributed by atoms with van der Waals surface area (Å²) in [6.45, 7) is 15.3. The number of hydrogen-bond acceptors (Lipinski definition) is 5. The Morgan fingerprint density at radius 1 is 0.550 bits per heavy atom. The second kappa shape index (κ2) is 17.7. The van der Waals surface area contributed by atoms with Crippen molar-refractivity contribution >= 4 is 56.5 Å². The lowest BCUT2D eigenvalue weighted by Gasteiger charge is -2.29. The van der Waals surface area contributed by atoms with Crippen molar-refractivity contribution in [1.29, 1.82) is 0 Å². The zero-order valence-electron chi connectivity index (χ0n) is 36.1. The van der Waals surface area contributed by atoms with Crippen LogP contribution in [-0.4, -0.2) is 9.97 Å². The summed E-state index contributed by atoms with van der Waals surface area (Å²) in [5, 5.41) is 0. The molecule has 2 atom stereocenters. The Bertz CT molecular complexity index is 2590. The minimum Gasteiger partial charge on any atom is -0.310 e. The average Bonchev–Trinajstić information content (AvgIpc) is 3.98. The topological polar surface area (TPSA) is 32.3 Å². The quantitative estimate of drug-likeness (QED) is 0.145. The fourth-order valence-corrected chi connectivity index (χ4v) is 10.4. The lowest BCUT2D eigenvalue weighted by atomic mass is 9.77. The van der Waals surface area contributed by atoms with Gasteiger partial charge < -0.3 is 9.80 Å². The van der Waals surface area contributed by atoms with Crippen LogP contribution in [0.15, 0.2) is 164 Å². The zero-order valence-corrected chi connectivity index (χ0v) is 36.9. The van der Waals surface area contributed by atoms with Crippen LogP contribution in [0.2, 0.25) is 0 Å². The lowest BCUT2D eigenvalue weighted by molar-refractivity contribution is 0.347. The average molecular weight is 805 g/mol. The monoisotopic (exact) mass is 804 g/mol. The van der Waals surface area contributed by atoms with Gasteiger partial charge in [-0.15, -0.1) is 11.3 Å². The van der Waals surface area contributed by atoms with Crippen LogP contribution in [0.4, 0.5) is 34.1 Å². The van der Waals surface area contributed by atoms with Crippen molar-refractivity contribution in [2.24, 2.45) is 5.92 Å². The molecule has 0 N–H and O–H groups in total. The number of benzene rings is 6. The Hall–Kier alpha value is -6.04. The molecule has 2 aliphatic rings. The molecule has 0 bridgehead atoms. The minimum absolute atomic E-state index is 0.208. The van der Waals surface area contributed by atoms with E-state index in [-0.39, 0.29) is 5.41 Å². The summed E-state index contributed by atoms with van der Waals surface area (Å²) in [6.07, 6.45) is 3.60. The van der Waals surface area contributed by atoms with Crippen LogP contribution in [0.3, 0.4) is 0 Å². The Morgan fingerprint density at radius 2 is 1.02 bits per heavy atom. The van der Waals surface area contributed by atoms with Crippen molar-refractivity contribution in [1.82, 2.24) is 9.97 Å². The smallest absolute Gasteiger partial charge is 0.108 e. The summed E-state index contributed by atoms with van der Waals surface area (Å²) in [7, 11) is 0. The fraction of sp³-hybridized carbons (Fsp3) is 0.236. The van der Waals surface area contributed by atoms with Gasteiger partial charge in [-0.25, -0.2) is 9.97 Å². The van der Waals surface area contributed by atoms with Crippen molar-refractivity contribution in [2.75, 3.05) is 9.80 Å². The molecule has 0 aliphatic heterocycles. The third-order valence-corrected chi connectivity index (χ3v) is 13.6. The third kappa shape index (κ3) is 7.52. The minimum atomic E-state index is 0.208. The van der Waals surface area contributed by atoms with E-state index in [9.17, 15) is 0 Å². The molecule has 2 unspecified atom stereocenters. The lowest BCUT2D eigenvalue weighted by Crippen LogP contribution is -2.26. The summed E-state index contributed by atoms with van der Waals surface area (Å²) in [5.74, 6) is 1.38. The molecule has 6 aromatic carbocycles. The van der Waals surface area contributed by atoms with Crippen LogP contribution in [0.1, 0.15) is 80.3 Å². The first-order valence-corrected chi connectivity index (χ1v) is 22.5. The molecule has 10 rings (SSSR count). The number of nitrogens with zero attached hydrogens (tertiary/aromatic N) is 4. The second-order valence-corrected chi connectivity index (χ2v) is 17.0. The van der Waals surface area contributed by atoms with Crippen molar-refractivity contribution in [3.05, 3.63) is 191 Å². The highest BCUT2D eigenvalue weighted by atomic mass is 32.1. The SMILES string of the molecule is CC.CCC1(CC)c2nc3c(-c4ccc(N(c5ccccc5)c5ccccc5)c(C)c4)sc(C)c3nc2C2CC21.Cc1ccccc1N(c1ccccc1)c1ccccc1. The molecule has 0 saturated heterocycles. The van der Waals surface area contributed by atoms with Crippen LogP contribution in [0.25, 0.3) is 21.5 Å². The number of thiophene rings is 1. The van der Waals surface area contributed by atoms with Gasteiger partial charge in [0, 0.05) is 50.3 Å². The Labute approximate surface area is 361 Å². The molecule has 4 nitrogen and oxygen atoms in total. The van der Waals surface area contributed by atoms with Gasteiger partial charge in [-0.2, -0.15) is 0 Å². The van der Waals surface area contributed by atoms with Gasteiger partial charge in [0.25, 0.3) is 0 Å². The zero-order chi connectivity index (χ0) is 41.8. The molecule has 1 saturated carbocycles. The molecule has 0 spiro atoms. The van der Waals surface area contributed by atoms with Crippen molar-refractivity contribution < 1.29 is 0 Å². The van der Waals surface area contributed by atoms with Gasteiger partial charge >= 0.3 is 0 Å². The number of aromatic nitrogens is 2. The van der Waals surface area contributed by atoms with E-state index in [2.05, 4.69) is 196 Å². The Morgan fingerprint density at radius 3 is 1.48 bits per heavy atom. The van der Waals surface area contributed by atoms with E-state index in [4.69, 9.17) is 9.97 Å². The number of para-hydroxylation sites is 5. The van der Waals surface area contributed by atoms with E-state index in [0.717, 1.165) is 41.2 Å². The Balaban J connectivity index is 0.000000191. The van der Waals surface area contributed by atoms with Gasteiger partial charge in [-0.05, 0) is 129 Å². The Kier molecular flexibility index (Phi) is 12.0. The third-order valence-electron chi connectivity index (χ3n) is 12.4. The highest BCUT2D eigenvalue weighted by Gasteiger charge is 2.61. The van der Waals surface area contributed by atoms with Crippen LogP contribution in [0, 0.1) is 26.7 Å². The van der Waals surface area contributed by atoms with Gasteiger partial charge in [-0.1, -0.05) is 125 Å². The standard InChI is InChI=1S/C34H33N3S.C19H17N.C2H6/c1-5-34(6-2)27-20-26(27)30-33(34)36-31-29(35-30)22(4)38-32(31)23-17-18-28(21(3)19-23)37(24-13-9-7-10-14-24)25-15-11-8-12-16-25;1-16-10-8-9-15-19(16)20(17-11-4-2-5-12-17)18-13-6-3-7-14-18;1-2/h7-19,26-27H,5-6,20H2,1-4H3;2-15H,1H3;1-2H3. The first-order valence-electron chi connectivity index (χ1n) is 21.7. The van der Waals surface area contributed by atoms with Crippen LogP contribution < -0.4 is 9.80 Å². The maximum absolute atomic E-state index is 5.45. The number of anilines is 6. The first-order chi connectivity index (χ1) is 29.4. The maximum Gasteiger partial charge on any atom is 0.108 e. The predicted octanol–water partition coefficient (Wildman–Crippen LogP) is 16.1. The molecule has 5 heteroatoms. The number of hydrogen-bond donors (Lipinski definition) is 0. The molecule has 0 amide bonds. The van der Waals surface area contributed by atoms with Crippen LogP contribution in [-0.2, 0) is 5.41 Å². The molecule has 2 aromatic heterocycles. The summed E-state index contributed by atoms with van der Waals surface area (Å²) in [6, 6.07) is 57.5. The van der Waals surface area contributed by atoms with Gasteiger partial charge in [0.15, 0.2) is 0 Å². The molecule has 0 radical (unpaired) electrons. The van der Waals surface area contributed by atoms with Crippen molar-refractivity contribution in [3.63, 3.8) is 0 Å². The number of rotatable bonds is 9. The fourth-order valence-electron chi connectivity index (χ4n) is 9.34. The highest BCUT2D eigenvalue weighted by Crippen LogP contribution is 2.67. The van der Waals surface area contributed by atoms with Crippen LogP contribution >= 0.6 is 11.3 Å².